The fourth-order valence-corrected chi connectivity index (χ4v) is 3.47. The molecule has 0 saturated carbocycles. The highest BCUT2D eigenvalue weighted by molar-refractivity contribution is 7.10. The molecule has 0 aromatic carbocycles. The minimum absolute atomic E-state index is 0.0211. The average Bonchev–Trinajstić information content (AvgIpc) is 2.99. The van der Waals surface area contributed by atoms with E-state index in [1.807, 2.05) is 44.0 Å². The second-order valence-electron chi connectivity index (χ2n) is 5.70. The van der Waals surface area contributed by atoms with Crippen LogP contribution in [0.2, 0.25) is 0 Å². The van der Waals surface area contributed by atoms with Crippen molar-refractivity contribution in [2.45, 2.75) is 51.9 Å². The molecule has 1 amide bonds. The van der Waals surface area contributed by atoms with Gasteiger partial charge in [-0.2, -0.15) is 0 Å². The second-order valence-corrected chi connectivity index (χ2v) is 6.68. The van der Waals surface area contributed by atoms with E-state index < -0.39 is 0 Å². The Kier molecular flexibility index (Phi) is 4.83. The molecular weight excluding hydrogens is 272 g/mol. The van der Waals surface area contributed by atoms with Crippen LogP contribution in [-0.2, 0) is 9.53 Å². The van der Waals surface area contributed by atoms with Gasteiger partial charge in [-0.3, -0.25) is 10.1 Å². The number of nitrogens with zero attached hydrogens (tertiary/aromatic N) is 1. The molecule has 112 valence electrons. The largest absolute Gasteiger partial charge is 0.374 e. The van der Waals surface area contributed by atoms with E-state index in [4.69, 9.17) is 4.74 Å². The molecule has 1 N–H and O–H groups in total. The van der Waals surface area contributed by atoms with Crippen LogP contribution in [0.25, 0.3) is 0 Å². The van der Waals surface area contributed by atoms with Crippen molar-refractivity contribution in [3.05, 3.63) is 22.4 Å². The lowest BCUT2D eigenvalue weighted by Gasteiger charge is -2.33. The fourth-order valence-electron chi connectivity index (χ4n) is 2.67. The zero-order valence-electron chi connectivity index (χ0n) is 12.7. The van der Waals surface area contributed by atoms with Gasteiger partial charge in [0.25, 0.3) is 0 Å². The molecule has 0 bridgehead atoms. The molecule has 1 aliphatic heterocycles. The second kappa shape index (κ2) is 6.24. The van der Waals surface area contributed by atoms with E-state index >= 15 is 0 Å². The van der Waals surface area contributed by atoms with Crippen molar-refractivity contribution >= 4 is 17.2 Å². The average molecular weight is 296 g/mol. The van der Waals surface area contributed by atoms with E-state index in [2.05, 4.69) is 11.4 Å². The van der Waals surface area contributed by atoms with Gasteiger partial charge in [-0.05, 0) is 38.6 Å². The van der Waals surface area contributed by atoms with Gasteiger partial charge >= 0.3 is 0 Å². The number of thiophene rings is 1. The summed E-state index contributed by atoms with van der Waals surface area (Å²) in [5.41, 5.74) is -0.329. The number of carbonyl (C=O) groups excluding carboxylic acids is 1. The highest BCUT2D eigenvalue weighted by Gasteiger charge is 2.41. The molecular formula is C15H24N2O2S. The maximum Gasteiger partial charge on any atom is 0.241 e. The lowest BCUT2D eigenvalue weighted by Crippen LogP contribution is -2.43. The predicted molar refractivity (Wildman–Crippen MR) is 81.7 cm³/mol. The highest BCUT2D eigenvalue weighted by Crippen LogP contribution is 2.31. The van der Waals surface area contributed by atoms with E-state index in [9.17, 15) is 4.79 Å². The van der Waals surface area contributed by atoms with E-state index in [0.29, 0.717) is 13.2 Å². The summed E-state index contributed by atoms with van der Waals surface area (Å²) in [7, 11) is 0. The van der Waals surface area contributed by atoms with Crippen molar-refractivity contribution in [1.29, 1.82) is 0 Å². The highest BCUT2D eigenvalue weighted by atomic mass is 32.1. The maximum atomic E-state index is 12.5. The number of carbonyl (C=O) groups is 1. The molecule has 1 aromatic rings. The molecule has 1 saturated heterocycles. The summed E-state index contributed by atoms with van der Waals surface area (Å²) in [6.07, 6.45) is 0.791. The summed E-state index contributed by atoms with van der Waals surface area (Å²) in [5.74, 6) is 0.179. The molecule has 4 nitrogen and oxygen atoms in total. The zero-order chi connectivity index (χ0) is 14.8. The van der Waals surface area contributed by atoms with Crippen LogP contribution in [0.15, 0.2) is 17.5 Å². The van der Waals surface area contributed by atoms with Gasteiger partial charge in [-0.25, -0.2) is 0 Å². The Morgan fingerprint density at radius 1 is 1.45 bits per heavy atom. The van der Waals surface area contributed by atoms with Crippen molar-refractivity contribution in [1.82, 2.24) is 10.2 Å². The normalized spacial score (nSPS) is 23.6. The van der Waals surface area contributed by atoms with E-state index in [1.54, 1.807) is 11.3 Å². The van der Waals surface area contributed by atoms with Gasteiger partial charge in [-0.15, -0.1) is 11.3 Å². The predicted octanol–water partition coefficient (Wildman–Crippen LogP) is 2.77. The van der Waals surface area contributed by atoms with Crippen molar-refractivity contribution in [2.24, 2.45) is 0 Å². The Morgan fingerprint density at radius 3 is 2.75 bits per heavy atom. The Labute approximate surface area is 125 Å². The van der Waals surface area contributed by atoms with Crippen LogP contribution in [0.4, 0.5) is 0 Å². The number of ether oxygens (including phenoxy) is 1. The number of nitrogens with one attached hydrogen (secondary N) is 1. The first kappa shape index (κ1) is 15.5. The first-order valence-corrected chi connectivity index (χ1v) is 8.10. The molecule has 2 unspecified atom stereocenters. The van der Waals surface area contributed by atoms with Crippen LogP contribution >= 0.6 is 11.3 Å². The Bertz CT molecular complexity index is 445. The van der Waals surface area contributed by atoms with Gasteiger partial charge < -0.3 is 9.64 Å². The monoisotopic (exact) mass is 296 g/mol. The van der Waals surface area contributed by atoms with E-state index in [1.165, 1.54) is 4.88 Å². The molecule has 1 aromatic heterocycles. The molecule has 20 heavy (non-hydrogen) atoms. The molecule has 1 aliphatic rings. The fraction of sp³-hybridized carbons (Fsp3) is 0.667. The molecule has 2 atom stereocenters. The summed E-state index contributed by atoms with van der Waals surface area (Å²) in [6, 6.07) is 4.02. The lowest BCUT2D eigenvalue weighted by atomic mass is 10.1. The number of hydrogen-bond acceptors (Lipinski definition) is 4. The summed E-state index contributed by atoms with van der Waals surface area (Å²) < 4.78 is 5.76. The molecule has 0 aliphatic carbocycles. The smallest absolute Gasteiger partial charge is 0.241 e. The van der Waals surface area contributed by atoms with Gasteiger partial charge in [-0.1, -0.05) is 13.0 Å². The molecule has 2 rings (SSSR count). The lowest BCUT2D eigenvalue weighted by molar-refractivity contribution is -0.134. The standard InChI is InChI=1S/C15H24N2O2S/c1-5-11-14(18)17(10-15(3,4)19-6-2)13(16-11)12-8-7-9-20-12/h7-9,11,13,16H,5-6,10H2,1-4H3. The Balaban J connectivity index is 2.19. The topological polar surface area (TPSA) is 41.6 Å². The van der Waals surface area contributed by atoms with Crippen LogP contribution in [0.5, 0.6) is 0 Å². The first-order valence-electron chi connectivity index (χ1n) is 7.22. The molecule has 0 spiro atoms. The first-order chi connectivity index (χ1) is 9.48. The quantitative estimate of drug-likeness (QED) is 0.877. The summed E-state index contributed by atoms with van der Waals surface area (Å²) >= 11 is 1.68. The van der Waals surface area contributed by atoms with Gasteiger partial charge in [0, 0.05) is 11.5 Å². The summed E-state index contributed by atoms with van der Waals surface area (Å²) in [4.78, 5) is 15.6. The van der Waals surface area contributed by atoms with Gasteiger partial charge in [0.05, 0.1) is 18.2 Å². The minimum atomic E-state index is -0.329. The summed E-state index contributed by atoms with van der Waals surface area (Å²) in [6.45, 7) is 9.35. The van der Waals surface area contributed by atoms with Crippen LogP contribution in [0.1, 0.15) is 45.2 Å². The van der Waals surface area contributed by atoms with Crippen molar-refractivity contribution < 1.29 is 9.53 Å². The van der Waals surface area contributed by atoms with E-state index in [-0.39, 0.29) is 23.7 Å². The minimum Gasteiger partial charge on any atom is -0.374 e. The summed E-state index contributed by atoms with van der Waals surface area (Å²) in [5, 5.41) is 5.49. The Hall–Kier alpha value is -0.910. The molecule has 1 fully saturated rings. The number of hydrogen-bond donors (Lipinski definition) is 1. The maximum absolute atomic E-state index is 12.5. The SMILES string of the molecule is CCOC(C)(C)CN1C(=O)C(CC)NC1c1cccs1. The van der Waals surface area contributed by atoms with Crippen LogP contribution < -0.4 is 5.32 Å². The van der Waals surface area contributed by atoms with Crippen molar-refractivity contribution in [3.63, 3.8) is 0 Å². The van der Waals surface area contributed by atoms with E-state index in [0.717, 1.165) is 6.42 Å². The van der Waals surface area contributed by atoms with Gasteiger partial charge in [0.2, 0.25) is 5.91 Å². The number of amides is 1. The van der Waals surface area contributed by atoms with Crippen molar-refractivity contribution in [3.8, 4) is 0 Å². The molecule has 0 radical (unpaired) electrons. The van der Waals surface area contributed by atoms with Gasteiger partial charge in [0.15, 0.2) is 0 Å². The van der Waals surface area contributed by atoms with Crippen LogP contribution in [-0.4, -0.2) is 35.6 Å². The van der Waals surface area contributed by atoms with Crippen molar-refractivity contribution in [2.75, 3.05) is 13.2 Å². The molecule has 5 heteroatoms. The third kappa shape index (κ3) is 3.22. The van der Waals surface area contributed by atoms with Crippen LogP contribution in [0, 0.1) is 0 Å². The Morgan fingerprint density at radius 2 is 2.20 bits per heavy atom. The third-order valence-corrected chi connectivity index (χ3v) is 4.48. The third-order valence-electron chi connectivity index (χ3n) is 3.56. The molecule has 2 heterocycles. The van der Waals surface area contributed by atoms with Crippen LogP contribution in [0.3, 0.4) is 0 Å². The number of rotatable bonds is 6. The van der Waals surface area contributed by atoms with Gasteiger partial charge in [0.1, 0.15) is 6.17 Å². The zero-order valence-corrected chi connectivity index (χ0v) is 13.5.